The monoisotopic (exact) mass is 707 g/mol. The van der Waals surface area contributed by atoms with E-state index in [9.17, 15) is 32.4 Å². The van der Waals surface area contributed by atoms with Gasteiger partial charge >= 0.3 is 6.03 Å². The van der Waals surface area contributed by atoms with Crippen molar-refractivity contribution < 1.29 is 32.4 Å². The van der Waals surface area contributed by atoms with Gasteiger partial charge in [0.1, 0.15) is 12.1 Å². The summed E-state index contributed by atoms with van der Waals surface area (Å²) in [6.07, 6.45) is 6.97. The normalized spacial score (nSPS) is 25.7. The third kappa shape index (κ3) is 8.79. The van der Waals surface area contributed by atoms with Crippen LogP contribution in [0.3, 0.4) is 0 Å². The van der Waals surface area contributed by atoms with E-state index in [4.69, 9.17) is 0 Å². The van der Waals surface area contributed by atoms with E-state index >= 15 is 0 Å². The lowest BCUT2D eigenvalue weighted by molar-refractivity contribution is -0.145. The smallest absolute Gasteiger partial charge is 0.315 e. The van der Waals surface area contributed by atoms with Crippen molar-refractivity contribution in [2.75, 3.05) is 12.3 Å². The van der Waals surface area contributed by atoms with Gasteiger partial charge in [-0.3, -0.25) is 19.2 Å². The maximum absolute atomic E-state index is 14.5. The first kappa shape index (κ1) is 39.1. The van der Waals surface area contributed by atoms with Crippen molar-refractivity contribution in [3.8, 4) is 0 Å². The van der Waals surface area contributed by atoms with Crippen LogP contribution in [0.15, 0.2) is 0 Å². The van der Waals surface area contributed by atoms with E-state index in [1.807, 2.05) is 27.7 Å². The van der Waals surface area contributed by atoms with E-state index in [1.165, 1.54) is 4.90 Å². The molecule has 12 nitrogen and oxygen atoms in total. The van der Waals surface area contributed by atoms with E-state index in [1.54, 1.807) is 20.8 Å². The van der Waals surface area contributed by atoms with Crippen LogP contribution in [-0.4, -0.2) is 89.6 Å². The summed E-state index contributed by atoms with van der Waals surface area (Å²) in [4.78, 5) is 69.7. The first-order chi connectivity index (χ1) is 22.5. The second kappa shape index (κ2) is 14.1. The largest absolute Gasteiger partial charge is 0.347 e. The number of likely N-dealkylation sites (tertiary alicyclic amines) is 1. The van der Waals surface area contributed by atoms with Gasteiger partial charge < -0.3 is 26.2 Å². The molecule has 4 fully saturated rings. The Morgan fingerprint density at radius 3 is 2.06 bits per heavy atom. The quantitative estimate of drug-likeness (QED) is 0.212. The minimum absolute atomic E-state index is 0.00450. The molecule has 1 aliphatic heterocycles. The molecule has 278 valence electrons. The number of fused-ring (bicyclic) bond motifs is 1. The summed E-state index contributed by atoms with van der Waals surface area (Å²) in [6, 6.07) is -3.50. The van der Waals surface area contributed by atoms with E-state index in [2.05, 4.69) is 35.1 Å². The van der Waals surface area contributed by atoms with Crippen molar-refractivity contribution in [3.05, 3.63) is 0 Å². The van der Waals surface area contributed by atoms with Gasteiger partial charge in [0.05, 0.1) is 22.1 Å². The number of nitrogens with zero attached hydrogens (tertiary/aromatic N) is 1. The second-order valence-corrected chi connectivity index (χ2v) is 20.6. The topological polar surface area (TPSA) is 171 Å². The van der Waals surface area contributed by atoms with Crippen molar-refractivity contribution in [2.45, 2.75) is 161 Å². The number of sulfone groups is 1. The van der Waals surface area contributed by atoms with Crippen molar-refractivity contribution >= 4 is 39.4 Å². The summed E-state index contributed by atoms with van der Waals surface area (Å²) in [5.41, 5.74) is -1.90. The highest BCUT2D eigenvalue weighted by atomic mass is 32.2. The van der Waals surface area contributed by atoms with Gasteiger partial charge in [0, 0.05) is 12.6 Å². The van der Waals surface area contributed by atoms with Crippen molar-refractivity contribution in [2.24, 2.45) is 22.7 Å². The highest BCUT2D eigenvalue weighted by Gasteiger charge is 2.70. The number of carbonyl (C=O) groups excluding carboxylic acids is 5. The van der Waals surface area contributed by atoms with Crippen LogP contribution < -0.4 is 21.3 Å². The zero-order valence-corrected chi connectivity index (χ0v) is 32.0. The van der Waals surface area contributed by atoms with Crippen molar-refractivity contribution in [1.29, 1.82) is 0 Å². The van der Waals surface area contributed by atoms with Crippen molar-refractivity contribution in [3.63, 3.8) is 0 Å². The Bertz CT molecular complexity index is 1400. The molecule has 1 heterocycles. The fraction of sp³-hybridized carbons (Fsp3) is 0.861. The number of nitrogens with one attached hydrogen (secondary N) is 4. The minimum Gasteiger partial charge on any atom is -0.347 e. The third-order valence-electron chi connectivity index (χ3n) is 11.4. The standard InChI is InChI=1S/C36H61N5O7S/c1-10-11-15-24(27(42)30(44)37-22-16-17-22)38-29(43)26-25-23(35(25,8)9)20-41(26)31(45)28(33(2,3)4)39-32(46)40-36(18-13-12-14-19-36)21-49(47,48)34(5,6)7/h22-26,28H,10-21H2,1-9H3,(H,37,44)(H,38,43)(H2,39,40,46)/t23?,24-,25-,26?,28+/m0/s1. The molecule has 0 aromatic heterocycles. The lowest BCUT2D eigenvalue weighted by atomic mass is 9.83. The van der Waals surface area contributed by atoms with Gasteiger partial charge in [0.25, 0.3) is 5.91 Å². The molecule has 13 heteroatoms. The van der Waals surface area contributed by atoms with Gasteiger partial charge in [-0.25, -0.2) is 13.2 Å². The molecule has 5 amide bonds. The zero-order chi connectivity index (χ0) is 36.7. The van der Waals surface area contributed by atoms with Crippen LogP contribution in [0.4, 0.5) is 4.79 Å². The number of hydrogen-bond acceptors (Lipinski definition) is 7. The summed E-state index contributed by atoms with van der Waals surface area (Å²) in [5.74, 6) is -2.50. The summed E-state index contributed by atoms with van der Waals surface area (Å²) < 4.78 is 25.6. The summed E-state index contributed by atoms with van der Waals surface area (Å²) in [5, 5.41) is 11.5. The molecule has 3 saturated carbocycles. The van der Waals surface area contributed by atoms with E-state index in [0.29, 0.717) is 32.2 Å². The molecule has 0 spiro atoms. The fourth-order valence-electron chi connectivity index (χ4n) is 7.73. The molecule has 4 N–H and O–H groups in total. The maximum atomic E-state index is 14.5. The Morgan fingerprint density at radius 2 is 1.53 bits per heavy atom. The molecule has 4 aliphatic rings. The SMILES string of the molecule is CCCC[C@H](NC(=O)C1[C@@H]2C(CN1C(=O)[C@@H](NC(=O)NC1(CS(=O)(=O)C(C)(C)C)CCCCC1)C(C)(C)C)C2(C)C)C(=O)C(=O)NC1CC1. The number of hydrogen-bond donors (Lipinski definition) is 4. The van der Waals surface area contributed by atoms with Crippen LogP contribution in [0.5, 0.6) is 0 Å². The maximum Gasteiger partial charge on any atom is 0.315 e. The molecular formula is C36H61N5O7S. The number of ketones is 1. The Labute approximate surface area is 293 Å². The molecule has 5 atom stereocenters. The number of Topliss-reactive ketones (excluding diaryl/α,β-unsaturated/α-hetero) is 1. The van der Waals surface area contributed by atoms with Gasteiger partial charge in [0.2, 0.25) is 17.6 Å². The van der Waals surface area contributed by atoms with E-state index in [-0.39, 0.29) is 29.0 Å². The fourth-order valence-corrected chi connectivity index (χ4v) is 9.25. The van der Waals surface area contributed by atoms with Gasteiger partial charge in [0.15, 0.2) is 9.84 Å². The van der Waals surface area contributed by atoms with Crippen LogP contribution in [0.25, 0.3) is 0 Å². The molecule has 0 radical (unpaired) electrons. The first-order valence-electron chi connectivity index (χ1n) is 18.3. The number of urea groups is 1. The highest BCUT2D eigenvalue weighted by molar-refractivity contribution is 7.92. The van der Waals surface area contributed by atoms with E-state index < -0.39 is 73.2 Å². The molecule has 4 rings (SSSR count). The lowest BCUT2D eigenvalue weighted by Gasteiger charge is -2.41. The average molecular weight is 708 g/mol. The Kier molecular flexibility index (Phi) is 11.3. The zero-order valence-electron chi connectivity index (χ0n) is 31.2. The highest BCUT2D eigenvalue weighted by Crippen LogP contribution is 2.65. The van der Waals surface area contributed by atoms with Crippen LogP contribution >= 0.6 is 0 Å². The first-order valence-corrected chi connectivity index (χ1v) is 20.0. The number of unbranched alkanes of at least 4 members (excludes halogenated alkanes) is 1. The number of piperidine rings is 1. The van der Waals surface area contributed by atoms with Gasteiger partial charge in [-0.05, 0) is 75.5 Å². The van der Waals surface area contributed by atoms with Gasteiger partial charge in [-0.15, -0.1) is 0 Å². The predicted molar refractivity (Wildman–Crippen MR) is 188 cm³/mol. The van der Waals surface area contributed by atoms with Gasteiger partial charge in [-0.2, -0.15) is 0 Å². The Balaban J connectivity index is 1.54. The minimum atomic E-state index is -3.56. The summed E-state index contributed by atoms with van der Waals surface area (Å²) in [7, 11) is -3.56. The van der Waals surface area contributed by atoms with Gasteiger partial charge in [-0.1, -0.05) is 73.6 Å². The molecule has 1 saturated heterocycles. The molecule has 0 bridgehead atoms. The van der Waals surface area contributed by atoms with Crippen LogP contribution in [0.2, 0.25) is 0 Å². The molecule has 3 aliphatic carbocycles. The Hall–Kier alpha value is -2.70. The summed E-state index contributed by atoms with van der Waals surface area (Å²) >= 11 is 0. The average Bonchev–Trinajstić information content (AvgIpc) is 3.83. The molecule has 49 heavy (non-hydrogen) atoms. The number of rotatable bonds is 13. The molecule has 2 unspecified atom stereocenters. The molecular weight excluding hydrogens is 646 g/mol. The lowest BCUT2D eigenvalue weighted by Crippen LogP contribution is -2.64. The van der Waals surface area contributed by atoms with Crippen LogP contribution in [0, 0.1) is 22.7 Å². The van der Waals surface area contributed by atoms with Crippen LogP contribution in [0.1, 0.15) is 127 Å². The molecule has 0 aromatic rings. The Morgan fingerprint density at radius 1 is 0.918 bits per heavy atom. The predicted octanol–water partition coefficient (Wildman–Crippen LogP) is 3.62. The molecule has 0 aromatic carbocycles. The third-order valence-corrected chi connectivity index (χ3v) is 14.2. The number of amides is 5. The number of carbonyl (C=O) groups is 5. The van der Waals surface area contributed by atoms with Crippen LogP contribution in [-0.2, 0) is 29.0 Å². The second-order valence-electron chi connectivity index (χ2n) is 17.8. The summed E-state index contributed by atoms with van der Waals surface area (Å²) in [6.45, 7) is 16.9. The van der Waals surface area contributed by atoms with E-state index in [0.717, 1.165) is 38.5 Å². The van der Waals surface area contributed by atoms with Crippen molar-refractivity contribution in [1.82, 2.24) is 26.2 Å².